The summed E-state index contributed by atoms with van der Waals surface area (Å²) in [7, 11) is 0. The minimum Gasteiger partial charge on any atom is -0.478 e. The van der Waals surface area contributed by atoms with Gasteiger partial charge in [-0.1, -0.05) is 0 Å². The maximum atomic E-state index is 12.4. The van der Waals surface area contributed by atoms with Crippen LogP contribution in [0.15, 0.2) is 41.2 Å². The molecule has 21 heavy (non-hydrogen) atoms. The third kappa shape index (κ3) is 2.15. The molecule has 2 N–H and O–H groups in total. The van der Waals surface area contributed by atoms with Crippen LogP contribution in [0.5, 0.6) is 0 Å². The fourth-order valence-corrected chi connectivity index (χ4v) is 3.21. The van der Waals surface area contributed by atoms with E-state index < -0.39 is 11.9 Å². The molecule has 0 unspecified atom stereocenters. The summed E-state index contributed by atoms with van der Waals surface area (Å²) in [6.07, 6.45) is 0. The lowest BCUT2D eigenvalue weighted by Crippen LogP contribution is -2.04. The number of carbonyl (C=O) groups is 2. The Bertz CT molecular complexity index is 971. The molecule has 0 saturated carbocycles. The zero-order chi connectivity index (χ0) is 15.1. The molecule has 0 aliphatic carbocycles. The zero-order valence-corrected chi connectivity index (χ0v) is 11.3. The van der Waals surface area contributed by atoms with Gasteiger partial charge >= 0.3 is 11.9 Å². The lowest BCUT2D eigenvalue weighted by Gasteiger charge is -2.03. The van der Waals surface area contributed by atoms with E-state index in [1.54, 1.807) is 6.07 Å². The summed E-state index contributed by atoms with van der Waals surface area (Å²) < 4.78 is 1.19. The Hall–Kier alpha value is -2.73. The van der Waals surface area contributed by atoms with Crippen molar-refractivity contribution in [3.05, 3.63) is 57.7 Å². The Morgan fingerprint density at radius 2 is 1.43 bits per heavy atom. The summed E-state index contributed by atoms with van der Waals surface area (Å²) in [5.41, 5.74) is -0.133. The van der Waals surface area contributed by atoms with Gasteiger partial charge in [0.2, 0.25) is 0 Å². The molecule has 2 aromatic carbocycles. The van der Waals surface area contributed by atoms with Crippen molar-refractivity contribution in [3.63, 3.8) is 0 Å². The van der Waals surface area contributed by atoms with E-state index in [2.05, 4.69) is 0 Å². The lowest BCUT2D eigenvalue weighted by molar-refractivity contribution is 0.0686. The number of carboxylic acid groups (broad SMARTS) is 2. The van der Waals surface area contributed by atoms with E-state index >= 15 is 0 Å². The van der Waals surface area contributed by atoms with Gasteiger partial charge in [-0.2, -0.15) is 0 Å². The summed E-state index contributed by atoms with van der Waals surface area (Å²) in [5, 5.41) is 18.7. The Labute approximate surface area is 121 Å². The average Bonchev–Trinajstić information content (AvgIpc) is 2.46. The molecule has 5 nitrogen and oxygen atoms in total. The molecule has 104 valence electrons. The minimum absolute atomic E-state index is 0.0494. The molecule has 0 aliphatic rings. The second-order valence-corrected chi connectivity index (χ2v) is 5.55. The van der Waals surface area contributed by atoms with Crippen LogP contribution >= 0.6 is 11.3 Å². The molecule has 0 fully saturated rings. The molecule has 1 aromatic heterocycles. The third-order valence-electron chi connectivity index (χ3n) is 3.16. The van der Waals surface area contributed by atoms with Crippen molar-refractivity contribution in [1.29, 1.82) is 0 Å². The van der Waals surface area contributed by atoms with E-state index in [4.69, 9.17) is 10.2 Å². The molecule has 0 spiro atoms. The van der Waals surface area contributed by atoms with Crippen LogP contribution in [0.2, 0.25) is 0 Å². The largest absolute Gasteiger partial charge is 0.478 e. The van der Waals surface area contributed by atoms with Crippen LogP contribution in [0.3, 0.4) is 0 Å². The molecule has 6 heteroatoms. The van der Waals surface area contributed by atoms with Gasteiger partial charge in [-0.05, 0) is 36.4 Å². The average molecular weight is 300 g/mol. The van der Waals surface area contributed by atoms with Crippen molar-refractivity contribution >= 4 is 43.4 Å². The van der Waals surface area contributed by atoms with Gasteiger partial charge in [0.05, 0.1) is 11.1 Å². The van der Waals surface area contributed by atoms with Crippen LogP contribution < -0.4 is 5.43 Å². The highest BCUT2D eigenvalue weighted by Gasteiger charge is 2.11. The summed E-state index contributed by atoms with van der Waals surface area (Å²) in [4.78, 5) is 34.4. The minimum atomic E-state index is -1.09. The van der Waals surface area contributed by atoms with Gasteiger partial charge in [-0.15, -0.1) is 11.3 Å². The van der Waals surface area contributed by atoms with Crippen molar-refractivity contribution in [1.82, 2.24) is 0 Å². The first-order valence-corrected chi connectivity index (χ1v) is 6.76. The summed E-state index contributed by atoms with van der Waals surface area (Å²) >= 11 is 1.26. The topological polar surface area (TPSA) is 91.7 Å². The zero-order valence-electron chi connectivity index (χ0n) is 10.5. The smallest absolute Gasteiger partial charge is 0.335 e. The van der Waals surface area contributed by atoms with Crippen LogP contribution in [-0.2, 0) is 0 Å². The van der Waals surface area contributed by atoms with E-state index in [1.807, 2.05) is 0 Å². The van der Waals surface area contributed by atoms with Crippen LogP contribution in [-0.4, -0.2) is 22.2 Å². The number of fused-ring (bicyclic) bond motifs is 2. The predicted octanol–water partition coefficient (Wildman–Crippen LogP) is 2.81. The SMILES string of the molecule is O=C(O)c1ccc2c(=O)c3cc(C(=O)O)ccc3sc2c1. The van der Waals surface area contributed by atoms with Crippen LogP contribution in [0.4, 0.5) is 0 Å². The number of hydrogen-bond donors (Lipinski definition) is 2. The summed E-state index contributed by atoms with van der Waals surface area (Å²) in [5.74, 6) is -2.15. The van der Waals surface area contributed by atoms with E-state index in [1.165, 1.54) is 41.7 Å². The van der Waals surface area contributed by atoms with E-state index in [9.17, 15) is 14.4 Å². The maximum absolute atomic E-state index is 12.4. The van der Waals surface area contributed by atoms with Gasteiger partial charge in [0.25, 0.3) is 0 Å². The maximum Gasteiger partial charge on any atom is 0.335 e. The number of carboxylic acids is 2. The van der Waals surface area contributed by atoms with Crippen molar-refractivity contribution in [2.75, 3.05) is 0 Å². The normalized spacial score (nSPS) is 10.9. The van der Waals surface area contributed by atoms with E-state index in [0.29, 0.717) is 20.2 Å². The van der Waals surface area contributed by atoms with E-state index in [-0.39, 0.29) is 16.6 Å². The van der Waals surface area contributed by atoms with Gasteiger partial charge < -0.3 is 10.2 Å². The van der Waals surface area contributed by atoms with Crippen molar-refractivity contribution in [2.24, 2.45) is 0 Å². The second-order valence-electron chi connectivity index (χ2n) is 4.46. The molecule has 0 aliphatic heterocycles. The van der Waals surface area contributed by atoms with Crippen molar-refractivity contribution < 1.29 is 19.8 Å². The molecule has 0 bridgehead atoms. The summed E-state index contributed by atoms with van der Waals surface area (Å²) in [6.45, 7) is 0. The molecule has 3 aromatic rings. The van der Waals surface area contributed by atoms with Gasteiger partial charge in [0.1, 0.15) is 0 Å². The highest BCUT2D eigenvalue weighted by Crippen LogP contribution is 2.26. The molecular weight excluding hydrogens is 292 g/mol. The fourth-order valence-electron chi connectivity index (χ4n) is 2.12. The Morgan fingerprint density at radius 1 is 0.810 bits per heavy atom. The highest BCUT2D eigenvalue weighted by molar-refractivity contribution is 7.24. The van der Waals surface area contributed by atoms with Crippen molar-refractivity contribution in [3.8, 4) is 0 Å². The highest BCUT2D eigenvalue weighted by atomic mass is 32.1. The number of rotatable bonds is 2. The molecule has 0 radical (unpaired) electrons. The molecule has 0 atom stereocenters. The Balaban J connectivity index is 2.40. The molecule has 1 heterocycles. The van der Waals surface area contributed by atoms with Gasteiger partial charge in [-0.3, -0.25) is 4.79 Å². The first-order chi connectivity index (χ1) is 9.97. The number of benzene rings is 2. The quantitative estimate of drug-likeness (QED) is 0.710. The predicted molar refractivity (Wildman–Crippen MR) is 79.5 cm³/mol. The van der Waals surface area contributed by atoms with Gasteiger partial charge in [0, 0.05) is 20.2 Å². The standard InChI is InChI=1S/C15H8O5S/c16-13-9-3-1-8(15(19)20)6-12(9)21-11-4-2-7(14(17)18)5-10(11)13/h1-6H,(H,17,18)(H,19,20). The molecule has 0 amide bonds. The first-order valence-electron chi connectivity index (χ1n) is 5.94. The monoisotopic (exact) mass is 300 g/mol. The van der Waals surface area contributed by atoms with Gasteiger partial charge in [-0.25, -0.2) is 9.59 Å². The number of hydrogen-bond acceptors (Lipinski definition) is 4. The van der Waals surface area contributed by atoms with Gasteiger partial charge in [0.15, 0.2) is 5.43 Å². The fraction of sp³-hybridized carbons (Fsp3) is 0. The number of aromatic carboxylic acids is 2. The second kappa shape index (κ2) is 4.68. The third-order valence-corrected chi connectivity index (χ3v) is 4.30. The molecule has 0 saturated heterocycles. The van der Waals surface area contributed by atoms with Crippen molar-refractivity contribution in [2.45, 2.75) is 0 Å². The van der Waals surface area contributed by atoms with E-state index in [0.717, 1.165) is 0 Å². The summed E-state index contributed by atoms with van der Waals surface area (Å²) in [6, 6.07) is 8.62. The Morgan fingerprint density at radius 3 is 2.10 bits per heavy atom. The van der Waals surface area contributed by atoms with Crippen LogP contribution in [0.1, 0.15) is 20.7 Å². The van der Waals surface area contributed by atoms with Crippen LogP contribution in [0.25, 0.3) is 20.2 Å². The Kier molecular flexibility index (Phi) is 2.95. The molecule has 3 rings (SSSR count). The first kappa shape index (κ1) is 13.3. The molecular formula is C15H8O5S. The lowest BCUT2D eigenvalue weighted by atomic mass is 10.1. The van der Waals surface area contributed by atoms with Crippen LogP contribution in [0, 0.1) is 0 Å².